The summed E-state index contributed by atoms with van der Waals surface area (Å²) in [5, 5.41) is 9.03. The van der Waals surface area contributed by atoms with E-state index in [2.05, 4.69) is 10.6 Å². The molecule has 0 saturated carbocycles. The molecule has 5 nitrogen and oxygen atoms in total. The Morgan fingerprint density at radius 3 is 2.59 bits per heavy atom. The summed E-state index contributed by atoms with van der Waals surface area (Å²) in [7, 11) is 1.64. The minimum absolute atomic E-state index is 0.174. The molecule has 0 radical (unpaired) electrons. The maximum Gasteiger partial charge on any atom is 0.243 e. The molecule has 3 aromatic carbocycles. The van der Waals surface area contributed by atoms with Gasteiger partial charge in [-0.3, -0.25) is 4.79 Å². The number of hydrogen-bond acceptors (Lipinski definition) is 4. The number of ether oxygens (including phenoxy) is 1. The highest BCUT2D eigenvalue weighted by atomic mass is 35.5. The number of carbonyl (C=O) groups excluding carboxylic acids is 1. The Morgan fingerprint density at radius 2 is 1.79 bits per heavy atom. The molecule has 0 aliphatic carbocycles. The van der Waals surface area contributed by atoms with Crippen molar-refractivity contribution in [2.75, 3.05) is 25.5 Å². The molecule has 174 valence electrons. The van der Waals surface area contributed by atoms with Crippen molar-refractivity contribution >= 4 is 51.1 Å². The molecule has 1 heterocycles. The Hall–Kier alpha value is -3.64. The van der Waals surface area contributed by atoms with Crippen LogP contribution >= 0.6 is 11.6 Å². The standard InChI is InChI=1S/C27H25ClFN3O2/c1-34-21-10-12-24-23(17-21)27(22-11-7-19(28)16-25(22)32-24)31-15-3-2-14-30-26(33)13-6-18-4-8-20(29)9-5-18/h4-13,16-17H,2-3,14-15H2,1H3,(H,30,33)(H,31,32)/b13-6+. The van der Waals surface area contributed by atoms with Crippen molar-refractivity contribution in [3.63, 3.8) is 0 Å². The topological polar surface area (TPSA) is 63.2 Å². The van der Waals surface area contributed by atoms with Gasteiger partial charge in [0.1, 0.15) is 11.6 Å². The zero-order valence-electron chi connectivity index (χ0n) is 18.8. The summed E-state index contributed by atoms with van der Waals surface area (Å²) >= 11 is 6.19. The molecule has 0 bridgehead atoms. The zero-order valence-corrected chi connectivity index (χ0v) is 19.5. The molecule has 7 heteroatoms. The third kappa shape index (κ3) is 5.83. The second kappa shape index (κ2) is 11.0. The molecule has 0 atom stereocenters. The lowest BCUT2D eigenvalue weighted by atomic mass is 10.1. The van der Waals surface area contributed by atoms with E-state index in [9.17, 15) is 9.18 Å². The first-order chi connectivity index (χ1) is 16.5. The lowest BCUT2D eigenvalue weighted by Crippen LogP contribution is -2.22. The maximum absolute atomic E-state index is 12.9. The lowest BCUT2D eigenvalue weighted by molar-refractivity contribution is -0.116. The predicted octanol–water partition coefficient (Wildman–Crippen LogP) is 6.21. The predicted molar refractivity (Wildman–Crippen MR) is 137 cm³/mol. The van der Waals surface area contributed by atoms with Crippen molar-refractivity contribution in [1.29, 1.82) is 0 Å². The number of carbonyl (C=O) groups is 1. The highest BCUT2D eigenvalue weighted by molar-refractivity contribution is 6.31. The smallest absolute Gasteiger partial charge is 0.243 e. The van der Waals surface area contributed by atoms with Gasteiger partial charge in [0.25, 0.3) is 0 Å². The molecule has 0 aliphatic heterocycles. The Kier molecular flexibility index (Phi) is 7.60. The number of nitrogens with zero attached hydrogens (tertiary/aromatic N) is 1. The molecule has 1 aromatic heterocycles. The summed E-state index contributed by atoms with van der Waals surface area (Å²) in [6, 6.07) is 17.5. The largest absolute Gasteiger partial charge is 0.497 e. The van der Waals surface area contributed by atoms with Gasteiger partial charge in [0.15, 0.2) is 0 Å². The third-order valence-electron chi connectivity index (χ3n) is 5.44. The average molecular weight is 478 g/mol. The van der Waals surface area contributed by atoms with Crippen LogP contribution in [0.5, 0.6) is 5.75 Å². The van der Waals surface area contributed by atoms with E-state index in [1.165, 1.54) is 18.2 Å². The molecule has 0 saturated heterocycles. The van der Waals surface area contributed by atoms with E-state index in [0.29, 0.717) is 11.6 Å². The van der Waals surface area contributed by atoms with E-state index in [1.54, 1.807) is 25.3 Å². The number of aromatic nitrogens is 1. The number of anilines is 1. The molecular weight excluding hydrogens is 453 g/mol. The Balaban J connectivity index is 1.34. The van der Waals surface area contributed by atoms with Crippen LogP contribution in [0, 0.1) is 5.82 Å². The molecular formula is C27H25ClFN3O2. The van der Waals surface area contributed by atoms with E-state index in [-0.39, 0.29) is 11.7 Å². The molecule has 0 fully saturated rings. The maximum atomic E-state index is 12.9. The van der Waals surface area contributed by atoms with Crippen LogP contribution in [0.15, 0.2) is 66.7 Å². The Morgan fingerprint density at radius 1 is 1.00 bits per heavy atom. The van der Waals surface area contributed by atoms with Crippen molar-refractivity contribution in [2.24, 2.45) is 0 Å². The third-order valence-corrected chi connectivity index (χ3v) is 5.68. The van der Waals surface area contributed by atoms with Crippen molar-refractivity contribution in [3.8, 4) is 5.75 Å². The SMILES string of the molecule is COc1ccc2nc3cc(Cl)ccc3c(NCCCCNC(=O)/C=C/c3ccc(F)cc3)c2c1. The van der Waals surface area contributed by atoms with Crippen molar-refractivity contribution in [3.05, 3.63) is 83.1 Å². The number of benzene rings is 3. The summed E-state index contributed by atoms with van der Waals surface area (Å²) in [5.74, 6) is 0.292. The van der Waals surface area contributed by atoms with Crippen LogP contribution in [0.1, 0.15) is 18.4 Å². The number of rotatable bonds is 9. The van der Waals surface area contributed by atoms with E-state index in [4.69, 9.17) is 21.3 Å². The van der Waals surface area contributed by atoms with Crippen molar-refractivity contribution in [2.45, 2.75) is 12.8 Å². The normalized spacial score (nSPS) is 11.3. The molecule has 0 aliphatic rings. The number of hydrogen-bond donors (Lipinski definition) is 2. The Labute approximate surface area is 202 Å². The fourth-order valence-electron chi connectivity index (χ4n) is 3.69. The van der Waals surface area contributed by atoms with E-state index < -0.39 is 0 Å². The average Bonchev–Trinajstić information content (AvgIpc) is 2.84. The number of fused-ring (bicyclic) bond motifs is 2. The van der Waals surface area contributed by atoms with Crippen LogP contribution in [0.2, 0.25) is 5.02 Å². The highest BCUT2D eigenvalue weighted by Gasteiger charge is 2.10. The van der Waals surface area contributed by atoms with E-state index >= 15 is 0 Å². The van der Waals surface area contributed by atoms with Gasteiger partial charge < -0.3 is 15.4 Å². The summed E-state index contributed by atoms with van der Waals surface area (Å²) in [4.78, 5) is 16.7. The number of methoxy groups -OCH3 is 1. The van der Waals surface area contributed by atoms with Gasteiger partial charge in [-0.05, 0) is 73.0 Å². The van der Waals surface area contributed by atoms with Gasteiger partial charge in [0.2, 0.25) is 5.91 Å². The van der Waals surface area contributed by atoms with Gasteiger partial charge >= 0.3 is 0 Å². The molecule has 1 amide bonds. The molecule has 34 heavy (non-hydrogen) atoms. The number of nitrogens with one attached hydrogen (secondary N) is 2. The highest BCUT2D eigenvalue weighted by Crippen LogP contribution is 2.34. The van der Waals surface area contributed by atoms with Crippen LogP contribution in [-0.4, -0.2) is 31.1 Å². The summed E-state index contributed by atoms with van der Waals surface area (Å²) in [5.41, 5.74) is 3.45. The van der Waals surface area contributed by atoms with E-state index in [1.807, 2.05) is 36.4 Å². The summed E-state index contributed by atoms with van der Waals surface area (Å²) < 4.78 is 18.3. The number of amides is 1. The fourth-order valence-corrected chi connectivity index (χ4v) is 3.86. The first-order valence-corrected chi connectivity index (χ1v) is 11.4. The van der Waals surface area contributed by atoms with Crippen LogP contribution in [0.25, 0.3) is 27.9 Å². The van der Waals surface area contributed by atoms with Gasteiger partial charge in [-0.1, -0.05) is 23.7 Å². The number of halogens is 2. The summed E-state index contributed by atoms with van der Waals surface area (Å²) in [6.07, 6.45) is 4.81. The van der Waals surface area contributed by atoms with Crippen molar-refractivity contribution in [1.82, 2.24) is 10.3 Å². The minimum Gasteiger partial charge on any atom is -0.497 e. The first-order valence-electron chi connectivity index (χ1n) is 11.1. The van der Waals surface area contributed by atoms with Gasteiger partial charge in [-0.15, -0.1) is 0 Å². The van der Waals surface area contributed by atoms with Crippen LogP contribution in [-0.2, 0) is 4.79 Å². The molecule has 4 aromatic rings. The van der Waals surface area contributed by atoms with Gasteiger partial charge in [0.05, 0.1) is 23.8 Å². The molecule has 2 N–H and O–H groups in total. The van der Waals surface area contributed by atoms with Crippen LogP contribution in [0.3, 0.4) is 0 Å². The van der Waals surface area contributed by atoms with Crippen LogP contribution < -0.4 is 15.4 Å². The zero-order chi connectivity index (χ0) is 23.9. The number of unbranched alkanes of at least 4 members (excludes halogenated alkanes) is 1. The second-order valence-corrected chi connectivity index (χ2v) is 8.28. The lowest BCUT2D eigenvalue weighted by Gasteiger charge is -2.14. The van der Waals surface area contributed by atoms with Gasteiger partial charge in [-0.2, -0.15) is 0 Å². The molecule has 0 spiro atoms. The second-order valence-electron chi connectivity index (χ2n) is 7.84. The quantitative estimate of drug-likeness (QED) is 0.171. The number of pyridine rings is 1. The minimum atomic E-state index is -0.300. The molecule has 0 unspecified atom stereocenters. The van der Waals surface area contributed by atoms with Gasteiger partial charge in [0, 0.05) is 35.0 Å². The van der Waals surface area contributed by atoms with Gasteiger partial charge in [-0.25, -0.2) is 9.37 Å². The fraction of sp³-hybridized carbons (Fsp3) is 0.185. The van der Waals surface area contributed by atoms with Crippen LogP contribution in [0.4, 0.5) is 10.1 Å². The Bertz CT molecular complexity index is 1340. The first kappa shape index (κ1) is 23.5. The van der Waals surface area contributed by atoms with E-state index in [0.717, 1.165) is 58.2 Å². The summed E-state index contributed by atoms with van der Waals surface area (Å²) in [6.45, 7) is 1.30. The monoisotopic (exact) mass is 477 g/mol. The molecule has 4 rings (SSSR count). The van der Waals surface area contributed by atoms with Crippen molar-refractivity contribution < 1.29 is 13.9 Å².